The molecule has 1 aliphatic rings. The molecule has 55 heavy (non-hydrogen) atoms. The highest BCUT2D eigenvalue weighted by atomic mass is 16.6. The van der Waals surface area contributed by atoms with E-state index in [1.54, 1.807) is 28.8 Å². The van der Waals surface area contributed by atoms with Gasteiger partial charge in [-0.25, -0.2) is 9.59 Å². The first kappa shape index (κ1) is 42.6. The minimum absolute atomic E-state index is 0.0795. The quantitative estimate of drug-likeness (QED) is 0.137. The van der Waals surface area contributed by atoms with Gasteiger partial charge < -0.3 is 34.8 Å². The molecule has 0 saturated carbocycles. The summed E-state index contributed by atoms with van der Waals surface area (Å²) in [6, 6.07) is 24.9. The van der Waals surface area contributed by atoms with Gasteiger partial charge in [0.15, 0.2) is 0 Å². The van der Waals surface area contributed by atoms with Crippen LogP contribution in [0.4, 0.5) is 21.0 Å². The van der Waals surface area contributed by atoms with Crippen LogP contribution in [0.1, 0.15) is 69.7 Å². The number of piperidine rings is 1. The van der Waals surface area contributed by atoms with Crippen LogP contribution in [-0.4, -0.2) is 127 Å². The number of nitrogens with zero attached hydrogens (tertiary/aromatic N) is 5. The Hall–Kier alpha value is -5.10. The highest BCUT2D eigenvalue weighted by Gasteiger charge is 2.31. The molecule has 1 fully saturated rings. The molecule has 298 valence electrons. The number of unbranched alkanes of at least 4 members (excludes halogenated alkanes) is 1. The van der Waals surface area contributed by atoms with Gasteiger partial charge in [-0.15, -0.1) is 0 Å². The number of hydrogen-bond acceptors (Lipinski definition) is 7. The average Bonchev–Trinajstić information content (AvgIpc) is 3.17. The number of anilines is 2. The van der Waals surface area contributed by atoms with Gasteiger partial charge >= 0.3 is 12.2 Å². The van der Waals surface area contributed by atoms with E-state index < -0.39 is 11.7 Å². The number of hydrogen-bond donors (Lipinski definition) is 2. The molecule has 0 unspecified atom stereocenters. The maximum absolute atomic E-state index is 12.9. The molecule has 1 heterocycles. The van der Waals surface area contributed by atoms with E-state index in [9.17, 15) is 24.3 Å². The van der Waals surface area contributed by atoms with Crippen LogP contribution in [0.5, 0.6) is 0 Å². The monoisotopic (exact) mass is 756 g/mol. The molecule has 4 rings (SSSR count). The molecule has 12 nitrogen and oxygen atoms in total. The number of para-hydroxylation sites is 1. The summed E-state index contributed by atoms with van der Waals surface area (Å²) in [5.74, 6) is 0.0389. The van der Waals surface area contributed by atoms with Crippen molar-refractivity contribution in [1.82, 2.24) is 19.6 Å². The molecule has 0 atom stereocenters. The van der Waals surface area contributed by atoms with E-state index in [-0.39, 0.29) is 23.9 Å². The van der Waals surface area contributed by atoms with Crippen molar-refractivity contribution in [3.05, 3.63) is 84.4 Å². The van der Waals surface area contributed by atoms with E-state index in [0.717, 1.165) is 62.1 Å². The summed E-state index contributed by atoms with van der Waals surface area (Å²) in [6.45, 7) is 10.1. The summed E-state index contributed by atoms with van der Waals surface area (Å²) >= 11 is 0. The minimum Gasteiger partial charge on any atom is -0.465 e. The number of carboxylic acid groups (broad SMARTS) is 1. The van der Waals surface area contributed by atoms with Gasteiger partial charge in [0.2, 0.25) is 5.91 Å². The lowest BCUT2D eigenvalue weighted by atomic mass is 9.98. The lowest BCUT2D eigenvalue weighted by Gasteiger charge is -2.38. The van der Waals surface area contributed by atoms with E-state index in [1.165, 1.54) is 4.90 Å². The third kappa shape index (κ3) is 13.3. The molecular formula is C43H60N6O6. The molecule has 0 aromatic heterocycles. The van der Waals surface area contributed by atoms with E-state index in [1.807, 2.05) is 107 Å². The van der Waals surface area contributed by atoms with Crippen molar-refractivity contribution >= 4 is 35.4 Å². The summed E-state index contributed by atoms with van der Waals surface area (Å²) in [5.41, 5.74) is 3.57. The summed E-state index contributed by atoms with van der Waals surface area (Å²) in [7, 11) is 5.30. The Balaban J connectivity index is 1.10. The topological polar surface area (TPSA) is 126 Å². The number of likely N-dealkylation sites (N-methyl/N-ethyl adjacent to an activating group) is 1. The van der Waals surface area contributed by atoms with Crippen LogP contribution in [0, 0.1) is 0 Å². The zero-order valence-electron chi connectivity index (χ0n) is 33.5. The average molecular weight is 757 g/mol. The third-order valence-electron chi connectivity index (χ3n) is 9.87. The van der Waals surface area contributed by atoms with Crippen LogP contribution in [0.15, 0.2) is 78.9 Å². The molecule has 4 amide bonds. The molecule has 3 aromatic rings. The van der Waals surface area contributed by atoms with Crippen molar-refractivity contribution in [2.24, 2.45) is 0 Å². The molecule has 0 spiro atoms. The fraction of sp³-hybridized carbons (Fsp3) is 0.488. The number of benzene rings is 3. The van der Waals surface area contributed by atoms with Gasteiger partial charge in [-0.1, -0.05) is 48.5 Å². The maximum Gasteiger partial charge on any atom is 0.412 e. The highest BCUT2D eigenvalue weighted by Crippen LogP contribution is 2.34. The van der Waals surface area contributed by atoms with E-state index in [2.05, 4.69) is 10.2 Å². The number of carbonyl (C=O) groups is 4. The molecule has 0 aliphatic carbocycles. The third-order valence-corrected chi connectivity index (χ3v) is 9.87. The summed E-state index contributed by atoms with van der Waals surface area (Å²) in [6.07, 6.45) is 2.85. The Bertz CT molecular complexity index is 1690. The first-order valence-corrected chi connectivity index (χ1v) is 19.4. The lowest BCUT2D eigenvalue weighted by Crippen LogP contribution is -2.48. The van der Waals surface area contributed by atoms with Crippen molar-refractivity contribution < 1.29 is 29.0 Å². The van der Waals surface area contributed by atoms with Crippen molar-refractivity contribution in [3.63, 3.8) is 0 Å². The summed E-state index contributed by atoms with van der Waals surface area (Å²) in [5, 5.41) is 13.6. The van der Waals surface area contributed by atoms with Crippen molar-refractivity contribution in [1.29, 1.82) is 0 Å². The van der Waals surface area contributed by atoms with Gasteiger partial charge in [0.05, 0.1) is 5.69 Å². The predicted octanol–water partition coefficient (Wildman–Crippen LogP) is 7.37. The Morgan fingerprint density at radius 1 is 0.782 bits per heavy atom. The van der Waals surface area contributed by atoms with Crippen molar-refractivity contribution in [3.8, 4) is 11.1 Å². The van der Waals surface area contributed by atoms with Gasteiger partial charge in [0.1, 0.15) is 5.60 Å². The van der Waals surface area contributed by atoms with Crippen LogP contribution in [0.2, 0.25) is 0 Å². The number of amides is 4. The van der Waals surface area contributed by atoms with Crippen molar-refractivity contribution in [2.75, 3.05) is 77.2 Å². The molecule has 12 heteroatoms. The fourth-order valence-corrected chi connectivity index (χ4v) is 6.67. The normalized spacial score (nSPS) is 13.5. The Labute approximate surface area is 327 Å². The molecule has 1 aliphatic heterocycles. The lowest BCUT2D eigenvalue weighted by molar-refractivity contribution is -0.130. The molecule has 0 radical (unpaired) electrons. The zero-order valence-corrected chi connectivity index (χ0v) is 33.5. The minimum atomic E-state index is -0.939. The maximum atomic E-state index is 12.9. The van der Waals surface area contributed by atoms with Crippen LogP contribution in [0.3, 0.4) is 0 Å². The van der Waals surface area contributed by atoms with Crippen LogP contribution >= 0.6 is 0 Å². The second-order valence-corrected chi connectivity index (χ2v) is 15.4. The summed E-state index contributed by atoms with van der Waals surface area (Å²) in [4.78, 5) is 59.3. The first-order valence-electron chi connectivity index (χ1n) is 19.4. The number of likely N-dealkylation sites (tertiary alicyclic amines) is 1. The molecule has 1 saturated heterocycles. The van der Waals surface area contributed by atoms with Crippen LogP contribution in [0.25, 0.3) is 11.1 Å². The second-order valence-electron chi connectivity index (χ2n) is 15.4. The van der Waals surface area contributed by atoms with Gasteiger partial charge in [-0.2, -0.15) is 0 Å². The van der Waals surface area contributed by atoms with Crippen LogP contribution < -0.4 is 10.2 Å². The van der Waals surface area contributed by atoms with E-state index in [4.69, 9.17) is 4.74 Å². The molecule has 2 N–H and O–H groups in total. The van der Waals surface area contributed by atoms with Gasteiger partial charge in [0.25, 0.3) is 5.91 Å². The van der Waals surface area contributed by atoms with Gasteiger partial charge in [0, 0.05) is 96.2 Å². The van der Waals surface area contributed by atoms with E-state index in [0.29, 0.717) is 50.3 Å². The van der Waals surface area contributed by atoms with E-state index >= 15 is 0 Å². The first-order chi connectivity index (χ1) is 26.2. The standard InChI is InChI=1S/C43H60N6O6/c1-43(2,3)55-42(54)47(6)28-14-27-46(5)40(51)34-20-22-35(23-21-34)44-26-13-12-19-39(50)45(4)31-32-48-29-24-36(25-30-48)49(41(52)53)38-18-11-10-17-37(38)33-15-8-7-9-16-33/h7-11,15-18,20-23,36,44H,12-14,19,24-32H2,1-6H3,(H,52,53). The molecular weight excluding hydrogens is 697 g/mol. The fourth-order valence-electron chi connectivity index (χ4n) is 6.67. The SMILES string of the molecule is CN(CCN1CCC(N(C(=O)O)c2ccccc2-c2ccccc2)CC1)C(=O)CCCCNc1ccc(C(=O)N(C)CCCN(C)C(=O)OC(C)(C)C)cc1. The summed E-state index contributed by atoms with van der Waals surface area (Å²) < 4.78 is 5.38. The Morgan fingerprint density at radius 3 is 2.07 bits per heavy atom. The largest absolute Gasteiger partial charge is 0.465 e. The Kier molecular flexibility index (Phi) is 15.9. The zero-order chi connectivity index (χ0) is 40.0. The smallest absolute Gasteiger partial charge is 0.412 e. The van der Waals surface area contributed by atoms with Gasteiger partial charge in [-0.05, 0) is 88.8 Å². The van der Waals surface area contributed by atoms with Crippen LogP contribution in [-0.2, 0) is 9.53 Å². The number of rotatable bonds is 17. The Morgan fingerprint density at radius 2 is 1.42 bits per heavy atom. The molecule has 0 bridgehead atoms. The number of nitrogens with one attached hydrogen (secondary N) is 1. The number of carbonyl (C=O) groups excluding carboxylic acids is 3. The second kappa shape index (κ2) is 20.5. The van der Waals surface area contributed by atoms with Crippen molar-refractivity contribution in [2.45, 2.75) is 70.9 Å². The predicted molar refractivity (Wildman–Crippen MR) is 219 cm³/mol. The highest BCUT2D eigenvalue weighted by molar-refractivity contribution is 5.94. The van der Waals surface area contributed by atoms with Gasteiger partial charge in [-0.3, -0.25) is 14.5 Å². The number of ether oxygens (including phenoxy) is 1. The molecule has 3 aromatic carbocycles.